The van der Waals surface area contributed by atoms with Crippen molar-refractivity contribution < 1.29 is 0 Å². The van der Waals surface area contributed by atoms with Crippen molar-refractivity contribution in [2.45, 2.75) is 45.3 Å². The van der Waals surface area contributed by atoms with Crippen LogP contribution in [0.2, 0.25) is 0 Å². The minimum Gasteiger partial charge on any atom is -0.352 e. The summed E-state index contributed by atoms with van der Waals surface area (Å²) in [6, 6.07) is 9.79. The second-order valence-corrected chi connectivity index (χ2v) is 6.91. The first-order chi connectivity index (χ1) is 10.1. The lowest BCUT2D eigenvalue weighted by Crippen LogP contribution is -2.23. The van der Waals surface area contributed by atoms with Gasteiger partial charge in [-0.1, -0.05) is 6.07 Å². The molecule has 0 aliphatic heterocycles. The summed E-state index contributed by atoms with van der Waals surface area (Å²) in [5, 5.41) is 5.71. The van der Waals surface area contributed by atoms with Gasteiger partial charge in [0.25, 0.3) is 0 Å². The lowest BCUT2D eigenvalue weighted by atomic mass is 10.2. The van der Waals surface area contributed by atoms with Crippen LogP contribution in [0, 0.1) is 6.92 Å². The Morgan fingerprint density at radius 1 is 1.43 bits per heavy atom. The highest BCUT2D eigenvalue weighted by Gasteiger charge is 2.20. The fourth-order valence-electron chi connectivity index (χ4n) is 2.47. The molecule has 0 amide bonds. The maximum atomic E-state index is 4.71. The Balaban J connectivity index is 1.76. The van der Waals surface area contributed by atoms with E-state index in [1.165, 1.54) is 23.3 Å². The summed E-state index contributed by atoms with van der Waals surface area (Å²) in [4.78, 5) is 8.35. The zero-order chi connectivity index (χ0) is 14.8. The van der Waals surface area contributed by atoms with Crippen LogP contribution < -0.4 is 10.2 Å². The van der Waals surface area contributed by atoms with Crippen molar-refractivity contribution >= 4 is 17.2 Å². The number of hydrogen-bond donors (Lipinski definition) is 1. The van der Waals surface area contributed by atoms with Crippen LogP contribution in [0.15, 0.2) is 29.6 Å². The molecule has 3 rings (SSSR count). The number of hydrogen-bond acceptors (Lipinski definition) is 4. The molecule has 1 aliphatic carbocycles. The second-order valence-electron chi connectivity index (χ2n) is 5.93. The van der Waals surface area contributed by atoms with Crippen LogP contribution in [-0.4, -0.2) is 18.1 Å². The average Bonchev–Trinajstić information content (AvgIpc) is 3.15. The van der Waals surface area contributed by atoms with Crippen LogP contribution in [0.25, 0.3) is 0 Å². The van der Waals surface area contributed by atoms with Crippen LogP contribution in [-0.2, 0) is 6.54 Å². The van der Waals surface area contributed by atoms with Gasteiger partial charge in [0.05, 0.1) is 6.04 Å². The number of rotatable bonds is 6. The van der Waals surface area contributed by atoms with Gasteiger partial charge in [0.1, 0.15) is 5.82 Å². The van der Waals surface area contributed by atoms with Crippen molar-refractivity contribution in [3.63, 3.8) is 0 Å². The Bertz CT molecular complexity index is 590. The van der Waals surface area contributed by atoms with Gasteiger partial charge in [0.15, 0.2) is 0 Å². The summed E-state index contributed by atoms with van der Waals surface area (Å²) >= 11 is 1.80. The van der Waals surface area contributed by atoms with Crippen molar-refractivity contribution in [3.8, 4) is 0 Å². The van der Waals surface area contributed by atoms with Crippen LogP contribution >= 0.6 is 11.3 Å². The first-order valence-electron chi connectivity index (χ1n) is 7.60. The van der Waals surface area contributed by atoms with E-state index >= 15 is 0 Å². The molecule has 112 valence electrons. The molecule has 21 heavy (non-hydrogen) atoms. The molecule has 0 bridgehead atoms. The number of aryl methyl sites for hydroxylation is 1. The van der Waals surface area contributed by atoms with Gasteiger partial charge in [0.2, 0.25) is 0 Å². The van der Waals surface area contributed by atoms with Crippen molar-refractivity contribution in [1.82, 2.24) is 10.3 Å². The molecule has 1 saturated carbocycles. The monoisotopic (exact) mass is 301 g/mol. The number of anilines is 1. The minimum absolute atomic E-state index is 0.351. The highest BCUT2D eigenvalue weighted by Crippen LogP contribution is 2.28. The first-order valence-corrected chi connectivity index (χ1v) is 8.48. The SMILES string of the molecule is Cc1cc(CNC2CC2)cc(N(C)C(C)c2cccs2)n1. The zero-order valence-electron chi connectivity index (χ0n) is 13.0. The smallest absolute Gasteiger partial charge is 0.129 e. The molecule has 0 aromatic carbocycles. The van der Waals surface area contributed by atoms with Crippen molar-refractivity contribution in [3.05, 3.63) is 45.8 Å². The molecule has 1 N–H and O–H groups in total. The Hall–Kier alpha value is -1.39. The van der Waals surface area contributed by atoms with Crippen molar-refractivity contribution in [1.29, 1.82) is 0 Å². The molecule has 1 aliphatic rings. The molecule has 3 nitrogen and oxygen atoms in total. The summed E-state index contributed by atoms with van der Waals surface area (Å²) < 4.78 is 0. The second kappa shape index (κ2) is 6.16. The van der Waals surface area contributed by atoms with Crippen LogP contribution in [0.3, 0.4) is 0 Å². The van der Waals surface area contributed by atoms with E-state index in [0.717, 1.165) is 24.1 Å². The average molecular weight is 301 g/mol. The van der Waals surface area contributed by atoms with E-state index in [1.807, 2.05) is 0 Å². The molecule has 1 atom stereocenters. The van der Waals surface area contributed by atoms with Gasteiger partial charge in [-0.15, -0.1) is 11.3 Å². The molecule has 2 aromatic heterocycles. The zero-order valence-corrected chi connectivity index (χ0v) is 13.8. The topological polar surface area (TPSA) is 28.2 Å². The van der Waals surface area contributed by atoms with Crippen LogP contribution in [0.5, 0.6) is 0 Å². The fraction of sp³-hybridized carbons (Fsp3) is 0.471. The van der Waals surface area contributed by atoms with E-state index in [2.05, 4.69) is 60.8 Å². The number of thiophene rings is 1. The van der Waals surface area contributed by atoms with E-state index in [-0.39, 0.29) is 0 Å². The third-order valence-electron chi connectivity index (χ3n) is 4.07. The number of nitrogens with one attached hydrogen (secondary N) is 1. The Labute approximate surface area is 131 Å². The third-order valence-corrected chi connectivity index (χ3v) is 5.11. The van der Waals surface area contributed by atoms with Crippen molar-refractivity contribution in [2.75, 3.05) is 11.9 Å². The van der Waals surface area contributed by atoms with Gasteiger partial charge in [0, 0.05) is 30.2 Å². The van der Waals surface area contributed by atoms with Gasteiger partial charge in [-0.25, -0.2) is 4.98 Å². The number of nitrogens with zero attached hydrogens (tertiary/aromatic N) is 2. The molecular weight excluding hydrogens is 278 g/mol. The third kappa shape index (κ3) is 3.63. The molecule has 0 radical (unpaired) electrons. The molecule has 0 saturated heterocycles. The molecular formula is C17H23N3S. The lowest BCUT2D eigenvalue weighted by molar-refractivity contribution is 0.683. The van der Waals surface area contributed by atoms with E-state index in [1.54, 1.807) is 11.3 Å². The number of pyridine rings is 1. The van der Waals surface area contributed by atoms with Gasteiger partial charge in [-0.05, 0) is 55.8 Å². The van der Waals surface area contributed by atoms with Crippen molar-refractivity contribution in [2.24, 2.45) is 0 Å². The minimum atomic E-state index is 0.351. The van der Waals surface area contributed by atoms with Gasteiger partial charge < -0.3 is 10.2 Å². The molecule has 1 unspecified atom stereocenters. The van der Waals surface area contributed by atoms with E-state index < -0.39 is 0 Å². The normalized spacial score (nSPS) is 16.0. The maximum absolute atomic E-state index is 4.71. The molecule has 0 spiro atoms. The van der Waals surface area contributed by atoms with Gasteiger partial charge in [-0.3, -0.25) is 0 Å². The predicted molar refractivity (Wildman–Crippen MR) is 90.0 cm³/mol. The summed E-state index contributed by atoms with van der Waals surface area (Å²) in [5.74, 6) is 1.06. The van der Waals surface area contributed by atoms with Gasteiger partial charge in [-0.2, -0.15) is 0 Å². The number of aromatic nitrogens is 1. The highest BCUT2D eigenvalue weighted by molar-refractivity contribution is 7.10. The molecule has 2 aromatic rings. The first kappa shape index (κ1) is 14.5. The van der Waals surface area contributed by atoms with E-state index in [9.17, 15) is 0 Å². The highest BCUT2D eigenvalue weighted by atomic mass is 32.1. The predicted octanol–water partition coefficient (Wildman–Crippen LogP) is 3.90. The molecule has 1 fully saturated rings. The Morgan fingerprint density at radius 2 is 2.24 bits per heavy atom. The Morgan fingerprint density at radius 3 is 2.90 bits per heavy atom. The van der Waals surface area contributed by atoms with E-state index in [0.29, 0.717) is 6.04 Å². The quantitative estimate of drug-likeness (QED) is 0.877. The van der Waals surface area contributed by atoms with Crippen LogP contribution in [0.1, 0.15) is 41.9 Å². The summed E-state index contributed by atoms with van der Waals surface area (Å²) in [5.41, 5.74) is 2.42. The lowest BCUT2D eigenvalue weighted by Gasteiger charge is -2.26. The summed E-state index contributed by atoms with van der Waals surface area (Å²) in [6.45, 7) is 5.26. The largest absolute Gasteiger partial charge is 0.352 e. The van der Waals surface area contributed by atoms with Crippen LogP contribution in [0.4, 0.5) is 5.82 Å². The van der Waals surface area contributed by atoms with E-state index in [4.69, 9.17) is 4.98 Å². The fourth-order valence-corrected chi connectivity index (χ4v) is 3.30. The maximum Gasteiger partial charge on any atom is 0.129 e. The Kier molecular flexibility index (Phi) is 4.27. The standard InChI is InChI=1S/C17H23N3S/c1-12-9-14(11-18-15-6-7-15)10-17(19-12)20(3)13(2)16-5-4-8-21-16/h4-5,8-10,13,15,18H,6-7,11H2,1-3H3. The molecule has 2 heterocycles. The summed E-state index contributed by atoms with van der Waals surface area (Å²) in [6.07, 6.45) is 2.65. The molecule has 4 heteroatoms. The summed E-state index contributed by atoms with van der Waals surface area (Å²) in [7, 11) is 2.13. The van der Waals surface area contributed by atoms with Gasteiger partial charge >= 0.3 is 0 Å².